The van der Waals surface area contributed by atoms with Gasteiger partial charge in [-0.1, -0.05) is 18.2 Å². The van der Waals surface area contributed by atoms with Crippen LogP contribution in [0.5, 0.6) is 11.5 Å². The molecule has 0 unspecified atom stereocenters. The number of aromatic nitrogens is 4. The Hall–Kier alpha value is -4.87. The van der Waals surface area contributed by atoms with E-state index in [1.54, 1.807) is 47.9 Å². The van der Waals surface area contributed by atoms with E-state index in [9.17, 15) is 19.5 Å². The van der Waals surface area contributed by atoms with Crippen LogP contribution in [-0.2, 0) is 25.4 Å². The number of imidazole rings is 1. The van der Waals surface area contributed by atoms with Gasteiger partial charge in [0.05, 0.1) is 31.5 Å². The molecular weight excluding hydrogens is 492 g/mol. The standard InChI is InChI=1S/C26H28N6O6/c1-5-37-20-13-16(11-12-19(20)33)14-27-29-25-28-22-21(23(34)31(4)26(36)30(22)3)32(25)15-17-9-7-8-10-18(17)24(35)38-6-2/h7-14,33H,5-6,15H2,1-4H3,(H,28,29)/b27-14-. The largest absolute Gasteiger partial charge is 0.504 e. The van der Waals surface area contributed by atoms with Crippen molar-refractivity contribution < 1.29 is 19.4 Å². The summed E-state index contributed by atoms with van der Waals surface area (Å²) in [5.41, 5.74) is 3.67. The van der Waals surface area contributed by atoms with Crippen LogP contribution in [0.4, 0.5) is 5.95 Å². The summed E-state index contributed by atoms with van der Waals surface area (Å²) in [6.07, 6.45) is 1.50. The Labute approximate surface area is 217 Å². The predicted octanol–water partition coefficient (Wildman–Crippen LogP) is 2.21. The second-order valence-corrected chi connectivity index (χ2v) is 8.31. The molecule has 0 atom stereocenters. The summed E-state index contributed by atoms with van der Waals surface area (Å²) >= 11 is 0. The fraction of sp³-hybridized carbons (Fsp3) is 0.269. The molecule has 0 saturated heterocycles. The van der Waals surface area contributed by atoms with E-state index in [0.29, 0.717) is 29.0 Å². The molecule has 4 rings (SSSR count). The zero-order valence-corrected chi connectivity index (χ0v) is 21.5. The molecule has 0 radical (unpaired) electrons. The summed E-state index contributed by atoms with van der Waals surface area (Å²) in [7, 11) is 2.91. The number of aryl methyl sites for hydroxylation is 1. The van der Waals surface area contributed by atoms with Crippen molar-refractivity contribution in [2.24, 2.45) is 19.2 Å². The van der Waals surface area contributed by atoms with Gasteiger partial charge in [-0.15, -0.1) is 0 Å². The van der Waals surface area contributed by atoms with Crippen molar-refractivity contribution >= 4 is 29.3 Å². The Kier molecular flexibility index (Phi) is 7.61. The van der Waals surface area contributed by atoms with Gasteiger partial charge in [0.15, 0.2) is 22.7 Å². The Balaban J connectivity index is 1.80. The molecule has 2 N–H and O–H groups in total. The van der Waals surface area contributed by atoms with Crippen LogP contribution in [0.1, 0.15) is 35.3 Å². The first kappa shape index (κ1) is 26.2. The van der Waals surface area contributed by atoms with Gasteiger partial charge in [0, 0.05) is 14.1 Å². The zero-order valence-electron chi connectivity index (χ0n) is 21.5. The van der Waals surface area contributed by atoms with Gasteiger partial charge in [0.2, 0.25) is 5.95 Å². The number of nitrogens with one attached hydrogen (secondary N) is 1. The third kappa shape index (κ3) is 5.01. The van der Waals surface area contributed by atoms with Crippen LogP contribution in [-0.4, -0.2) is 49.2 Å². The first-order valence-electron chi connectivity index (χ1n) is 11.9. The van der Waals surface area contributed by atoms with Gasteiger partial charge in [-0.25, -0.2) is 15.0 Å². The monoisotopic (exact) mass is 520 g/mol. The Morgan fingerprint density at radius 3 is 2.61 bits per heavy atom. The number of anilines is 1. The number of hydrogen-bond donors (Lipinski definition) is 2. The van der Waals surface area contributed by atoms with Crippen LogP contribution >= 0.6 is 0 Å². The van der Waals surface area contributed by atoms with E-state index in [-0.39, 0.29) is 36.0 Å². The van der Waals surface area contributed by atoms with Crippen LogP contribution in [0.15, 0.2) is 57.2 Å². The first-order chi connectivity index (χ1) is 18.3. The number of carbonyl (C=O) groups is 1. The minimum Gasteiger partial charge on any atom is -0.504 e. The van der Waals surface area contributed by atoms with E-state index in [1.165, 1.54) is 30.9 Å². The zero-order chi connectivity index (χ0) is 27.4. The molecule has 2 aromatic carbocycles. The van der Waals surface area contributed by atoms with Crippen molar-refractivity contribution in [3.05, 3.63) is 80.0 Å². The van der Waals surface area contributed by atoms with E-state index >= 15 is 0 Å². The summed E-state index contributed by atoms with van der Waals surface area (Å²) in [6.45, 7) is 4.21. The molecule has 198 valence electrons. The van der Waals surface area contributed by atoms with Gasteiger partial charge in [-0.05, 0) is 49.2 Å². The van der Waals surface area contributed by atoms with E-state index in [0.717, 1.165) is 4.57 Å². The average molecular weight is 521 g/mol. The smallest absolute Gasteiger partial charge is 0.338 e. The quantitative estimate of drug-likeness (QED) is 0.194. The molecular formula is C26H28N6O6. The summed E-state index contributed by atoms with van der Waals surface area (Å²) < 4.78 is 14.4. The summed E-state index contributed by atoms with van der Waals surface area (Å²) in [5, 5.41) is 14.2. The highest BCUT2D eigenvalue weighted by Gasteiger charge is 2.21. The van der Waals surface area contributed by atoms with Gasteiger partial charge in [-0.2, -0.15) is 10.1 Å². The lowest BCUT2D eigenvalue weighted by molar-refractivity contribution is 0.0525. The number of nitrogens with zero attached hydrogens (tertiary/aromatic N) is 5. The number of phenolic OH excluding ortho intramolecular Hbond substituents is 1. The number of fused-ring (bicyclic) bond motifs is 1. The van der Waals surface area contributed by atoms with E-state index in [1.807, 2.05) is 6.92 Å². The van der Waals surface area contributed by atoms with Crippen LogP contribution in [0, 0.1) is 0 Å². The number of phenols is 1. The third-order valence-electron chi connectivity index (χ3n) is 5.85. The number of ether oxygens (including phenoxy) is 2. The molecule has 0 aliphatic carbocycles. The molecule has 0 spiro atoms. The fourth-order valence-electron chi connectivity index (χ4n) is 3.97. The van der Waals surface area contributed by atoms with E-state index in [4.69, 9.17) is 9.47 Å². The van der Waals surface area contributed by atoms with Crippen molar-refractivity contribution in [2.75, 3.05) is 18.6 Å². The predicted molar refractivity (Wildman–Crippen MR) is 142 cm³/mol. The normalized spacial score (nSPS) is 11.3. The number of rotatable bonds is 9. The molecule has 0 aliphatic heterocycles. The maximum atomic E-state index is 13.2. The van der Waals surface area contributed by atoms with Crippen molar-refractivity contribution in [3.8, 4) is 11.5 Å². The van der Waals surface area contributed by atoms with Crippen LogP contribution in [0.2, 0.25) is 0 Å². The maximum absolute atomic E-state index is 13.2. The fourth-order valence-corrected chi connectivity index (χ4v) is 3.97. The summed E-state index contributed by atoms with van der Waals surface area (Å²) in [4.78, 5) is 42.8. The van der Waals surface area contributed by atoms with Gasteiger partial charge < -0.3 is 14.6 Å². The molecule has 4 aromatic rings. The number of hydrogen-bond acceptors (Lipinski definition) is 9. The highest BCUT2D eigenvalue weighted by Crippen LogP contribution is 2.26. The molecule has 0 fully saturated rings. The van der Waals surface area contributed by atoms with Crippen LogP contribution in [0.3, 0.4) is 0 Å². The average Bonchev–Trinajstić information content (AvgIpc) is 3.26. The van der Waals surface area contributed by atoms with E-state index < -0.39 is 17.2 Å². The van der Waals surface area contributed by atoms with Gasteiger partial charge in [-0.3, -0.25) is 18.5 Å². The minimum absolute atomic E-state index is 0.00998. The second kappa shape index (κ2) is 11.0. The molecule has 0 aliphatic rings. The molecule has 2 heterocycles. The number of carbonyl (C=O) groups excluding carboxylic acids is 1. The SMILES string of the molecule is CCOC(=O)c1ccccc1Cn1c(N/N=C\c2ccc(O)c(OCC)c2)nc2c1c(=O)n(C)c(=O)n2C. The third-order valence-corrected chi connectivity index (χ3v) is 5.85. The highest BCUT2D eigenvalue weighted by molar-refractivity contribution is 5.91. The van der Waals surface area contributed by atoms with Crippen molar-refractivity contribution in [3.63, 3.8) is 0 Å². The topological polar surface area (TPSA) is 142 Å². The Morgan fingerprint density at radius 1 is 1.11 bits per heavy atom. The molecule has 12 heteroatoms. The molecule has 0 bridgehead atoms. The Bertz CT molecular complexity index is 1650. The summed E-state index contributed by atoms with van der Waals surface area (Å²) in [5.74, 6) is 0.0170. The molecule has 38 heavy (non-hydrogen) atoms. The lowest BCUT2D eigenvalue weighted by atomic mass is 10.1. The molecule has 2 aromatic heterocycles. The van der Waals surface area contributed by atoms with Crippen LogP contribution in [0.25, 0.3) is 11.2 Å². The lowest BCUT2D eigenvalue weighted by Gasteiger charge is -2.12. The number of hydrazone groups is 1. The van der Waals surface area contributed by atoms with Crippen molar-refractivity contribution in [2.45, 2.75) is 20.4 Å². The Morgan fingerprint density at radius 2 is 1.87 bits per heavy atom. The van der Waals surface area contributed by atoms with Crippen molar-refractivity contribution in [1.29, 1.82) is 0 Å². The second-order valence-electron chi connectivity index (χ2n) is 8.31. The van der Waals surface area contributed by atoms with Gasteiger partial charge >= 0.3 is 11.7 Å². The maximum Gasteiger partial charge on any atom is 0.338 e. The highest BCUT2D eigenvalue weighted by atomic mass is 16.5. The molecule has 0 amide bonds. The number of esters is 1. The first-order valence-corrected chi connectivity index (χ1v) is 11.9. The molecule has 0 saturated carbocycles. The van der Waals surface area contributed by atoms with Gasteiger partial charge in [0.1, 0.15) is 0 Å². The number of aromatic hydroxyl groups is 1. The summed E-state index contributed by atoms with van der Waals surface area (Å²) in [6, 6.07) is 11.7. The number of benzene rings is 2. The van der Waals surface area contributed by atoms with Crippen molar-refractivity contribution in [1.82, 2.24) is 18.7 Å². The molecule has 12 nitrogen and oxygen atoms in total. The van der Waals surface area contributed by atoms with Crippen LogP contribution < -0.4 is 21.4 Å². The lowest BCUT2D eigenvalue weighted by Crippen LogP contribution is -2.37. The van der Waals surface area contributed by atoms with Gasteiger partial charge in [0.25, 0.3) is 5.56 Å². The van der Waals surface area contributed by atoms with E-state index in [2.05, 4.69) is 15.5 Å². The minimum atomic E-state index is -0.541.